The second-order valence-electron chi connectivity index (χ2n) is 5.54. The smallest absolute Gasteiger partial charge is 0.0941 e. The third-order valence-electron chi connectivity index (χ3n) is 3.15. The van der Waals surface area contributed by atoms with Crippen LogP contribution in [-0.4, -0.2) is 18.1 Å². The molecular formula is C15H29N3S. The van der Waals surface area contributed by atoms with E-state index >= 15 is 0 Å². The zero-order valence-corrected chi connectivity index (χ0v) is 13.3. The lowest BCUT2D eigenvalue weighted by Gasteiger charge is -2.05. The predicted octanol–water partition coefficient (Wildman–Crippen LogP) is 3.34. The Morgan fingerprint density at radius 2 is 2.05 bits per heavy atom. The molecule has 0 aliphatic carbocycles. The first-order valence-electron chi connectivity index (χ1n) is 7.56. The van der Waals surface area contributed by atoms with Crippen molar-refractivity contribution in [2.75, 3.05) is 13.1 Å². The van der Waals surface area contributed by atoms with Gasteiger partial charge in [-0.25, -0.2) is 4.98 Å². The summed E-state index contributed by atoms with van der Waals surface area (Å²) in [4.78, 5) is 4.54. The summed E-state index contributed by atoms with van der Waals surface area (Å²) in [6.45, 7) is 7.29. The number of hydrogen-bond donors (Lipinski definition) is 2. The van der Waals surface area contributed by atoms with Gasteiger partial charge in [0.1, 0.15) is 0 Å². The number of thiazole rings is 1. The van der Waals surface area contributed by atoms with Crippen molar-refractivity contribution >= 4 is 11.3 Å². The molecule has 0 amide bonds. The zero-order chi connectivity index (χ0) is 13.9. The number of hydrogen-bond acceptors (Lipinski definition) is 4. The van der Waals surface area contributed by atoms with Crippen molar-refractivity contribution in [2.45, 2.75) is 58.9 Å². The average molecular weight is 283 g/mol. The summed E-state index contributed by atoms with van der Waals surface area (Å²) >= 11 is 1.72. The molecule has 0 aliphatic rings. The fourth-order valence-corrected chi connectivity index (χ4v) is 2.85. The van der Waals surface area contributed by atoms with Crippen LogP contribution in [0.5, 0.6) is 0 Å². The maximum absolute atomic E-state index is 5.52. The first-order valence-corrected chi connectivity index (χ1v) is 8.44. The number of nitrogens with two attached hydrogens (primary N) is 1. The van der Waals surface area contributed by atoms with Gasteiger partial charge in [0.25, 0.3) is 0 Å². The summed E-state index contributed by atoms with van der Waals surface area (Å²) in [7, 11) is 0. The van der Waals surface area contributed by atoms with Crippen LogP contribution >= 0.6 is 11.3 Å². The molecule has 3 N–H and O–H groups in total. The summed E-state index contributed by atoms with van der Waals surface area (Å²) in [5.74, 6) is 0.852. The minimum Gasteiger partial charge on any atom is -0.330 e. The highest BCUT2D eigenvalue weighted by atomic mass is 32.1. The van der Waals surface area contributed by atoms with Crippen molar-refractivity contribution in [1.29, 1.82) is 0 Å². The van der Waals surface area contributed by atoms with Crippen molar-refractivity contribution in [3.8, 4) is 0 Å². The summed E-state index contributed by atoms with van der Waals surface area (Å²) in [5.41, 5.74) is 6.68. The zero-order valence-electron chi connectivity index (χ0n) is 12.5. The topological polar surface area (TPSA) is 50.9 Å². The van der Waals surface area contributed by atoms with E-state index in [2.05, 4.69) is 29.5 Å². The fourth-order valence-electron chi connectivity index (χ4n) is 2.04. The van der Waals surface area contributed by atoms with E-state index in [1.54, 1.807) is 11.3 Å². The predicted molar refractivity (Wildman–Crippen MR) is 84.5 cm³/mol. The van der Waals surface area contributed by atoms with Gasteiger partial charge in [0, 0.05) is 18.3 Å². The molecule has 110 valence electrons. The Labute approximate surface area is 122 Å². The molecule has 4 heteroatoms. The highest BCUT2D eigenvalue weighted by Gasteiger charge is 2.00. The molecule has 1 heterocycles. The van der Waals surface area contributed by atoms with Crippen LogP contribution in [0.25, 0.3) is 0 Å². The Balaban J connectivity index is 1.95. The van der Waals surface area contributed by atoms with E-state index in [-0.39, 0.29) is 0 Å². The standard InChI is InChI=1S/C15H29N3S/c1-13(2)7-5-3-4-6-10-17-11-14-12-19-15(18-14)8-9-16/h12-13,17H,3-11,16H2,1-2H3. The van der Waals surface area contributed by atoms with Crippen molar-refractivity contribution in [3.05, 3.63) is 16.1 Å². The van der Waals surface area contributed by atoms with Crippen molar-refractivity contribution < 1.29 is 0 Å². The van der Waals surface area contributed by atoms with Crippen molar-refractivity contribution in [2.24, 2.45) is 11.7 Å². The van der Waals surface area contributed by atoms with Gasteiger partial charge in [-0.3, -0.25) is 0 Å². The second-order valence-corrected chi connectivity index (χ2v) is 6.49. The lowest BCUT2D eigenvalue weighted by Crippen LogP contribution is -2.15. The van der Waals surface area contributed by atoms with E-state index in [4.69, 9.17) is 5.73 Å². The van der Waals surface area contributed by atoms with Gasteiger partial charge in [-0.05, 0) is 25.4 Å². The van der Waals surface area contributed by atoms with Crippen LogP contribution in [0.3, 0.4) is 0 Å². The van der Waals surface area contributed by atoms with E-state index < -0.39 is 0 Å². The van der Waals surface area contributed by atoms with Gasteiger partial charge in [0.15, 0.2) is 0 Å². The summed E-state index contributed by atoms with van der Waals surface area (Å²) in [6, 6.07) is 0. The van der Waals surface area contributed by atoms with E-state index in [1.807, 2.05) is 0 Å². The molecule has 0 saturated carbocycles. The van der Waals surface area contributed by atoms with Crippen LogP contribution in [0.1, 0.15) is 56.7 Å². The normalized spacial score (nSPS) is 11.4. The molecule has 1 aromatic rings. The SMILES string of the molecule is CC(C)CCCCCCNCc1csc(CCN)n1. The third kappa shape index (κ3) is 8.35. The number of nitrogens with zero attached hydrogens (tertiary/aromatic N) is 1. The Kier molecular flexibility index (Phi) is 9.05. The molecule has 0 unspecified atom stereocenters. The minimum absolute atomic E-state index is 0.691. The summed E-state index contributed by atoms with van der Waals surface area (Å²) < 4.78 is 0. The van der Waals surface area contributed by atoms with Crippen molar-refractivity contribution in [3.63, 3.8) is 0 Å². The molecular weight excluding hydrogens is 254 g/mol. The van der Waals surface area contributed by atoms with Crippen LogP contribution in [0.4, 0.5) is 0 Å². The lowest BCUT2D eigenvalue weighted by molar-refractivity contribution is 0.511. The van der Waals surface area contributed by atoms with Gasteiger partial charge in [-0.15, -0.1) is 11.3 Å². The molecule has 19 heavy (non-hydrogen) atoms. The molecule has 0 aliphatic heterocycles. The highest BCUT2D eigenvalue weighted by molar-refractivity contribution is 7.09. The van der Waals surface area contributed by atoms with Crippen LogP contribution < -0.4 is 11.1 Å². The minimum atomic E-state index is 0.691. The third-order valence-corrected chi connectivity index (χ3v) is 4.11. The van der Waals surface area contributed by atoms with Crippen molar-refractivity contribution in [1.82, 2.24) is 10.3 Å². The Morgan fingerprint density at radius 3 is 2.79 bits per heavy atom. The second kappa shape index (κ2) is 10.4. The monoisotopic (exact) mass is 283 g/mol. The van der Waals surface area contributed by atoms with E-state index in [1.165, 1.54) is 32.1 Å². The largest absolute Gasteiger partial charge is 0.330 e. The van der Waals surface area contributed by atoms with Crippen LogP contribution in [0.15, 0.2) is 5.38 Å². The summed E-state index contributed by atoms with van der Waals surface area (Å²) in [5, 5.41) is 6.77. The fraction of sp³-hybridized carbons (Fsp3) is 0.800. The Bertz CT molecular complexity index is 323. The average Bonchev–Trinajstić information content (AvgIpc) is 2.80. The van der Waals surface area contributed by atoms with Gasteiger partial charge >= 0.3 is 0 Å². The highest BCUT2D eigenvalue weighted by Crippen LogP contribution is 2.10. The quantitative estimate of drug-likeness (QED) is 0.612. The number of rotatable bonds is 11. The molecule has 0 saturated heterocycles. The molecule has 0 bridgehead atoms. The molecule has 3 nitrogen and oxygen atoms in total. The van der Waals surface area contributed by atoms with Crippen LogP contribution in [0, 0.1) is 5.92 Å². The van der Waals surface area contributed by atoms with Crippen LogP contribution in [0.2, 0.25) is 0 Å². The molecule has 1 rings (SSSR count). The number of nitrogens with one attached hydrogen (secondary N) is 1. The van der Waals surface area contributed by atoms with E-state index in [9.17, 15) is 0 Å². The molecule has 0 spiro atoms. The van der Waals surface area contributed by atoms with E-state index in [0.29, 0.717) is 6.54 Å². The number of aromatic nitrogens is 1. The molecule has 1 aromatic heterocycles. The first-order chi connectivity index (χ1) is 9.22. The summed E-state index contributed by atoms with van der Waals surface area (Å²) in [6.07, 6.45) is 7.65. The maximum atomic E-state index is 5.52. The van der Waals surface area contributed by atoms with Gasteiger partial charge in [-0.1, -0.05) is 39.5 Å². The van der Waals surface area contributed by atoms with Gasteiger partial charge in [-0.2, -0.15) is 0 Å². The Hall–Kier alpha value is -0.450. The molecule has 0 atom stereocenters. The van der Waals surface area contributed by atoms with Gasteiger partial charge in [0.2, 0.25) is 0 Å². The molecule has 0 radical (unpaired) electrons. The first kappa shape index (κ1) is 16.6. The number of unbranched alkanes of at least 4 members (excludes halogenated alkanes) is 3. The lowest BCUT2D eigenvalue weighted by atomic mass is 10.0. The molecule has 0 aromatic carbocycles. The molecule has 0 fully saturated rings. The van der Waals surface area contributed by atoms with Crippen LogP contribution in [-0.2, 0) is 13.0 Å². The Morgan fingerprint density at radius 1 is 1.26 bits per heavy atom. The maximum Gasteiger partial charge on any atom is 0.0941 e. The van der Waals surface area contributed by atoms with Gasteiger partial charge < -0.3 is 11.1 Å². The van der Waals surface area contributed by atoms with E-state index in [0.717, 1.165) is 36.1 Å². The van der Waals surface area contributed by atoms with Gasteiger partial charge in [0.05, 0.1) is 10.7 Å².